The summed E-state index contributed by atoms with van der Waals surface area (Å²) in [6, 6.07) is 7.89. The molecule has 6 heteroatoms. The number of aliphatic hydroxyl groups is 2. The molecule has 0 aromatic heterocycles. The Morgan fingerprint density at radius 2 is 1.97 bits per heavy atom. The normalized spacial score (nSPS) is 29.8. The fraction of sp³-hybridized carbons (Fsp3) is 0.696. The van der Waals surface area contributed by atoms with Gasteiger partial charge >= 0.3 is 0 Å². The summed E-state index contributed by atoms with van der Waals surface area (Å²) in [6.45, 7) is 7.41. The summed E-state index contributed by atoms with van der Waals surface area (Å²) in [5.41, 5.74) is 0.854. The molecule has 0 heterocycles. The smallest absolute Gasteiger partial charge is 0.252 e. The van der Waals surface area contributed by atoms with Crippen LogP contribution in [0.2, 0.25) is 0 Å². The average Bonchev–Trinajstić information content (AvgIpc) is 3.51. The van der Waals surface area contributed by atoms with Gasteiger partial charge in [0.1, 0.15) is 6.10 Å². The molecule has 0 bridgehead atoms. The Labute approximate surface area is 173 Å². The monoisotopic (exact) mass is 405 g/mol. The Balaban J connectivity index is 1.78. The van der Waals surface area contributed by atoms with Crippen LogP contribution in [0.3, 0.4) is 0 Å². The summed E-state index contributed by atoms with van der Waals surface area (Å²) >= 11 is 0. The van der Waals surface area contributed by atoms with Crippen molar-refractivity contribution in [3.8, 4) is 0 Å². The van der Waals surface area contributed by atoms with Crippen LogP contribution in [0.25, 0.3) is 0 Å². The number of amides is 1. The number of rotatable bonds is 9. The van der Waals surface area contributed by atoms with Crippen LogP contribution < -0.4 is 5.32 Å². The lowest BCUT2D eigenvalue weighted by atomic mass is 9.78. The van der Waals surface area contributed by atoms with E-state index in [1.807, 2.05) is 45.0 Å². The molecule has 3 N–H and O–H groups in total. The Kier molecular flexibility index (Phi) is 7.32. The largest absolute Gasteiger partial charge is 0.390 e. The molecule has 29 heavy (non-hydrogen) atoms. The van der Waals surface area contributed by atoms with Gasteiger partial charge in [-0.3, -0.25) is 4.79 Å². The Bertz CT molecular complexity index is 690. The number of hydrogen-bond donors (Lipinski definition) is 3. The second-order valence-electron chi connectivity index (χ2n) is 9.09. The number of ether oxygens (including phenoxy) is 2. The van der Waals surface area contributed by atoms with Gasteiger partial charge in [0, 0.05) is 26.0 Å². The predicted octanol–water partition coefficient (Wildman–Crippen LogP) is 2.33. The number of nitrogens with one attached hydrogen (secondary N) is 1. The number of benzene rings is 1. The van der Waals surface area contributed by atoms with Gasteiger partial charge in [0.2, 0.25) is 0 Å². The molecule has 2 fully saturated rings. The van der Waals surface area contributed by atoms with Gasteiger partial charge in [-0.15, -0.1) is 0 Å². The van der Waals surface area contributed by atoms with Crippen LogP contribution in [0.1, 0.15) is 50.7 Å². The minimum atomic E-state index is -1.23. The zero-order valence-electron chi connectivity index (χ0n) is 17.8. The second-order valence-corrected chi connectivity index (χ2v) is 9.09. The zero-order chi connectivity index (χ0) is 21.0. The molecule has 0 aliphatic heterocycles. The summed E-state index contributed by atoms with van der Waals surface area (Å²) in [5.74, 6) is 0.581. The van der Waals surface area contributed by atoms with E-state index in [1.54, 1.807) is 0 Å². The van der Waals surface area contributed by atoms with Gasteiger partial charge < -0.3 is 25.0 Å². The maximum absolute atomic E-state index is 13.2. The minimum Gasteiger partial charge on any atom is -0.390 e. The third-order valence-electron chi connectivity index (χ3n) is 5.94. The van der Waals surface area contributed by atoms with Crippen LogP contribution in [-0.2, 0) is 20.9 Å². The summed E-state index contributed by atoms with van der Waals surface area (Å²) in [4.78, 5) is 13.2. The quantitative estimate of drug-likeness (QED) is 0.587. The summed E-state index contributed by atoms with van der Waals surface area (Å²) in [7, 11) is 0. The van der Waals surface area contributed by atoms with E-state index in [0.717, 1.165) is 24.0 Å². The lowest BCUT2D eigenvalue weighted by Crippen LogP contribution is -2.61. The Morgan fingerprint density at radius 3 is 2.62 bits per heavy atom. The fourth-order valence-electron chi connectivity index (χ4n) is 3.75. The van der Waals surface area contributed by atoms with Crippen molar-refractivity contribution in [1.29, 1.82) is 0 Å². The van der Waals surface area contributed by atoms with Crippen molar-refractivity contribution in [2.75, 3.05) is 13.2 Å². The van der Waals surface area contributed by atoms with Gasteiger partial charge in [0.05, 0.1) is 18.8 Å². The van der Waals surface area contributed by atoms with Crippen LogP contribution in [0.15, 0.2) is 24.3 Å². The predicted molar refractivity (Wildman–Crippen MR) is 110 cm³/mol. The minimum absolute atomic E-state index is 0.0489. The van der Waals surface area contributed by atoms with Crippen LogP contribution in [0.5, 0.6) is 0 Å². The van der Waals surface area contributed by atoms with E-state index in [4.69, 9.17) is 9.47 Å². The first-order valence-electron chi connectivity index (χ1n) is 10.8. The molecule has 3 rings (SSSR count). The lowest BCUT2D eigenvalue weighted by molar-refractivity contribution is -0.199. The first-order chi connectivity index (χ1) is 13.8. The molecule has 2 aliphatic carbocycles. The lowest BCUT2D eigenvalue weighted by Gasteiger charge is -2.44. The van der Waals surface area contributed by atoms with Crippen molar-refractivity contribution in [2.24, 2.45) is 11.8 Å². The highest BCUT2D eigenvalue weighted by Crippen LogP contribution is 2.37. The molecule has 6 nitrogen and oxygen atoms in total. The van der Waals surface area contributed by atoms with Crippen molar-refractivity contribution in [1.82, 2.24) is 5.32 Å². The Morgan fingerprint density at radius 1 is 1.24 bits per heavy atom. The molecule has 0 unspecified atom stereocenters. The highest BCUT2D eigenvalue weighted by molar-refractivity contribution is 5.85. The number of aliphatic hydroxyl groups excluding tert-OH is 2. The SMILES string of the molecule is Cc1ccccc1CO[C@@]1(C(=O)NCC(C)C)C[C@@H](O)[C@@H](O)[C@@H](OCC2CC2)C1. The van der Waals surface area contributed by atoms with Gasteiger partial charge in [0.25, 0.3) is 5.91 Å². The zero-order valence-corrected chi connectivity index (χ0v) is 17.8. The van der Waals surface area contributed by atoms with Crippen LogP contribution in [0, 0.1) is 18.8 Å². The molecule has 0 saturated heterocycles. The fourth-order valence-corrected chi connectivity index (χ4v) is 3.75. The van der Waals surface area contributed by atoms with E-state index in [2.05, 4.69) is 5.32 Å². The molecule has 1 aromatic rings. The number of carbonyl (C=O) groups excluding carboxylic acids is 1. The molecule has 0 radical (unpaired) electrons. The third-order valence-corrected chi connectivity index (χ3v) is 5.94. The van der Waals surface area contributed by atoms with Gasteiger partial charge in [-0.05, 0) is 42.7 Å². The maximum atomic E-state index is 13.2. The van der Waals surface area contributed by atoms with E-state index in [9.17, 15) is 15.0 Å². The van der Waals surface area contributed by atoms with Gasteiger partial charge in [-0.25, -0.2) is 0 Å². The molecule has 2 saturated carbocycles. The summed E-state index contributed by atoms with van der Waals surface area (Å²) < 4.78 is 12.2. The van der Waals surface area contributed by atoms with Gasteiger partial charge in [-0.1, -0.05) is 38.1 Å². The molecule has 0 spiro atoms. The molecular formula is C23H35NO5. The standard InChI is InChI=1S/C23H35NO5/c1-15(2)12-24-22(27)23(29-14-18-7-5-4-6-16(18)3)10-19(25)21(26)20(11-23)28-13-17-8-9-17/h4-7,15,17,19-21,25-26H,8-14H2,1-3H3,(H,24,27)/t19-,20+,21-,23+/m1/s1. The molecular weight excluding hydrogens is 370 g/mol. The number of hydrogen-bond acceptors (Lipinski definition) is 5. The van der Waals surface area contributed by atoms with E-state index in [1.165, 1.54) is 0 Å². The topological polar surface area (TPSA) is 88.0 Å². The molecule has 1 aromatic carbocycles. The van der Waals surface area contributed by atoms with Gasteiger partial charge in [0.15, 0.2) is 5.60 Å². The van der Waals surface area contributed by atoms with Crippen molar-refractivity contribution >= 4 is 5.91 Å². The van der Waals surface area contributed by atoms with Crippen LogP contribution in [0.4, 0.5) is 0 Å². The number of carbonyl (C=O) groups is 1. The summed E-state index contributed by atoms with van der Waals surface area (Å²) in [5, 5.41) is 24.0. The molecule has 162 valence electrons. The van der Waals surface area contributed by atoms with Crippen molar-refractivity contribution < 1.29 is 24.5 Å². The van der Waals surface area contributed by atoms with Crippen LogP contribution >= 0.6 is 0 Å². The van der Waals surface area contributed by atoms with Crippen molar-refractivity contribution in [3.05, 3.63) is 35.4 Å². The van der Waals surface area contributed by atoms with E-state index in [-0.39, 0.29) is 25.4 Å². The molecule has 1 amide bonds. The maximum Gasteiger partial charge on any atom is 0.252 e. The van der Waals surface area contributed by atoms with Crippen molar-refractivity contribution in [3.63, 3.8) is 0 Å². The third kappa shape index (κ3) is 5.79. The number of aryl methyl sites for hydroxylation is 1. The Hall–Kier alpha value is -1.47. The van der Waals surface area contributed by atoms with Crippen molar-refractivity contribution in [2.45, 2.75) is 77.0 Å². The second kappa shape index (κ2) is 9.56. The first-order valence-corrected chi connectivity index (χ1v) is 10.8. The summed E-state index contributed by atoms with van der Waals surface area (Å²) in [6.07, 6.45) is -0.164. The first kappa shape index (κ1) is 22.2. The van der Waals surface area contributed by atoms with E-state index in [0.29, 0.717) is 25.0 Å². The van der Waals surface area contributed by atoms with E-state index < -0.39 is 23.9 Å². The average molecular weight is 406 g/mol. The van der Waals surface area contributed by atoms with E-state index >= 15 is 0 Å². The highest BCUT2D eigenvalue weighted by Gasteiger charge is 2.51. The van der Waals surface area contributed by atoms with Crippen LogP contribution in [-0.4, -0.2) is 53.2 Å². The van der Waals surface area contributed by atoms with Gasteiger partial charge in [-0.2, -0.15) is 0 Å². The highest BCUT2D eigenvalue weighted by atomic mass is 16.5. The molecule has 4 atom stereocenters. The molecule has 2 aliphatic rings.